The van der Waals surface area contributed by atoms with E-state index < -0.39 is 22.5 Å². The molecule has 33 heavy (non-hydrogen) atoms. The van der Waals surface area contributed by atoms with Crippen molar-refractivity contribution in [3.05, 3.63) is 82.8 Å². The van der Waals surface area contributed by atoms with E-state index in [1.165, 1.54) is 31.4 Å². The van der Waals surface area contributed by atoms with Crippen LogP contribution in [0.15, 0.2) is 77.7 Å². The third-order valence-electron chi connectivity index (χ3n) is 4.57. The van der Waals surface area contributed by atoms with Crippen LogP contribution in [0.5, 0.6) is 11.5 Å². The molecule has 0 aliphatic carbocycles. The third-order valence-corrected chi connectivity index (χ3v) is 7.15. The van der Waals surface area contributed by atoms with Crippen LogP contribution < -0.4 is 19.1 Å². The minimum absolute atomic E-state index is 0.0216. The summed E-state index contributed by atoms with van der Waals surface area (Å²) in [6.45, 7) is -0.180. The average Bonchev–Trinajstić information content (AvgIpc) is 2.83. The molecule has 1 N–H and O–H groups in total. The zero-order valence-electron chi connectivity index (χ0n) is 17.7. The molecule has 7 nitrogen and oxygen atoms in total. The number of ether oxygens (including phenoxy) is 2. The van der Waals surface area contributed by atoms with Crippen LogP contribution in [-0.2, 0) is 14.8 Å². The lowest BCUT2D eigenvalue weighted by Crippen LogP contribution is -2.42. The van der Waals surface area contributed by atoms with Gasteiger partial charge in [-0.1, -0.05) is 59.6 Å². The molecule has 0 radical (unpaired) electrons. The van der Waals surface area contributed by atoms with Gasteiger partial charge in [-0.3, -0.25) is 9.10 Å². The van der Waals surface area contributed by atoms with Crippen LogP contribution in [0.1, 0.15) is 0 Å². The van der Waals surface area contributed by atoms with Crippen LogP contribution in [-0.4, -0.2) is 41.1 Å². The molecule has 0 aromatic heterocycles. The first-order valence-electron chi connectivity index (χ1n) is 9.89. The van der Waals surface area contributed by atoms with E-state index in [4.69, 9.17) is 32.7 Å². The molecule has 10 heteroatoms. The minimum Gasteiger partial charge on any atom is -0.493 e. The molecule has 0 bridgehead atoms. The van der Waals surface area contributed by atoms with Gasteiger partial charge in [0.2, 0.25) is 5.91 Å². The highest BCUT2D eigenvalue weighted by Gasteiger charge is 2.29. The number of nitrogens with zero attached hydrogens (tertiary/aromatic N) is 1. The number of hydrogen-bond donors (Lipinski definition) is 1. The zero-order valence-corrected chi connectivity index (χ0v) is 20.0. The monoisotopic (exact) mass is 508 g/mol. The Kier molecular flexibility index (Phi) is 8.43. The summed E-state index contributed by atoms with van der Waals surface area (Å²) in [5.74, 6) is 0.571. The van der Waals surface area contributed by atoms with Crippen molar-refractivity contribution in [1.82, 2.24) is 5.32 Å². The summed E-state index contributed by atoms with van der Waals surface area (Å²) in [7, 11) is -2.55. The Balaban J connectivity index is 1.73. The number of amides is 1. The second-order valence-corrected chi connectivity index (χ2v) is 9.39. The van der Waals surface area contributed by atoms with Crippen LogP contribution in [0.25, 0.3) is 0 Å². The largest absolute Gasteiger partial charge is 0.493 e. The Labute approximate surface area is 202 Å². The minimum atomic E-state index is -4.09. The van der Waals surface area contributed by atoms with E-state index in [2.05, 4.69) is 5.32 Å². The SMILES string of the molecule is COc1ccccc1OCCNC(=O)CN(c1cccc(Cl)c1Cl)S(=O)(=O)c1ccccc1. The van der Waals surface area contributed by atoms with Gasteiger partial charge in [0.1, 0.15) is 13.2 Å². The number of rotatable bonds is 10. The maximum atomic E-state index is 13.3. The van der Waals surface area contributed by atoms with Crippen molar-refractivity contribution >= 4 is 44.8 Å². The van der Waals surface area contributed by atoms with Gasteiger partial charge >= 0.3 is 0 Å². The Morgan fingerprint density at radius 1 is 0.939 bits per heavy atom. The fourth-order valence-electron chi connectivity index (χ4n) is 2.98. The maximum absolute atomic E-state index is 13.3. The lowest BCUT2D eigenvalue weighted by atomic mass is 10.3. The van der Waals surface area contributed by atoms with E-state index in [0.29, 0.717) is 11.5 Å². The Morgan fingerprint density at radius 3 is 2.30 bits per heavy atom. The average molecular weight is 509 g/mol. The van der Waals surface area contributed by atoms with Gasteiger partial charge in [0.15, 0.2) is 11.5 Å². The highest BCUT2D eigenvalue weighted by Crippen LogP contribution is 2.35. The van der Waals surface area contributed by atoms with E-state index >= 15 is 0 Å². The molecule has 0 saturated heterocycles. The highest BCUT2D eigenvalue weighted by molar-refractivity contribution is 7.92. The smallest absolute Gasteiger partial charge is 0.264 e. The van der Waals surface area contributed by atoms with E-state index in [9.17, 15) is 13.2 Å². The molecule has 1 amide bonds. The number of nitrogens with one attached hydrogen (secondary N) is 1. The standard InChI is InChI=1S/C23H22Cl2N2O5S/c1-31-20-12-5-6-13-21(20)32-15-14-26-22(28)16-27(19-11-7-10-18(24)23(19)25)33(29,30)17-8-3-2-4-9-17/h2-13H,14-16H2,1H3,(H,26,28). The highest BCUT2D eigenvalue weighted by atomic mass is 35.5. The summed E-state index contributed by atoms with van der Waals surface area (Å²) in [4.78, 5) is 12.7. The number of sulfonamides is 1. The Hall–Kier alpha value is -2.94. The van der Waals surface area contributed by atoms with E-state index in [1.54, 1.807) is 42.5 Å². The molecule has 0 atom stereocenters. The van der Waals surface area contributed by atoms with E-state index in [-0.39, 0.29) is 33.8 Å². The van der Waals surface area contributed by atoms with Crippen molar-refractivity contribution in [2.75, 3.05) is 31.1 Å². The van der Waals surface area contributed by atoms with E-state index in [0.717, 1.165) is 4.31 Å². The van der Waals surface area contributed by atoms with Crippen LogP contribution in [0.4, 0.5) is 5.69 Å². The predicted octanol–water partition coefficient (Wildman–Crippen LogP) is 4.39. The quantitative estimate of drug-likeness (QED) is 0.410. The zero-order chi connectivity index (χ0) is 23.8. The summed E-state index contributed by atoms with van der Waals surface area (Å²) in [5.41, 5.74) is 0.105. The summed E-state index contributed by atoms with van der Waals surface area (Å²) in [6.07, 6.45) is 0. The molecule has 3 rings (SSSR count). The van der Waals surface area contributed by atoms with Crippen molar-refractivity contribution in [2.45, 2.75) is 4.90 Å². The molecule has 0 spiro atoms. The van der Waals surface area contributed by atoms with Gasteiger partial charge in [-0.25, -0.2) is 8.42 Å². The fourth-order valence-corrected chi connectivity index (χ4v) is 4.88. The first-order valence-corrected chi connectivity index (χ1v) is 12.1. The molecule has 0 aliphatic rings. The number of para-hydroxylation sites is 2. The molecule has 3 aromatic carbocycles. The van der Waals surface area contributed by atoms with Gasteiger partial charge in [0.05, 0.1) is 34.3 Å². The lowest BCUT2D eigenvalue weighted by molar-refractivity contribution is -0.119. The molecule has 0 unspecified atom stereocenters. The van der Waals surface area contributed by atoms with Gasteiger partial charge in [-0.2, -0.15) is 0 Å². The van der Waals surface area contributed by atoms with Gasteiger partial charge in [-0.15, -0.1) is 0 Å². The van der Waals surface area contributed by atoms with Crippen LogP contribution in [0, 0.1) is 0 Å². The molecular weight excluding hydrogens is 487 g/mol. The molecule has 0 saturated carbocycles. The number of anilines is 1. The van der Waals surface area contributed by atoms with Gasteiger partial charge in [0, 0.05) is 0 Å². The number of halogens is 2. The molecular formula is C23H22Cl2N2O5S. The second-order valence-electron chi connectivity index (χ2n) is 6.75. The Bertz CT molecular complexity index is 1210. The van der Waals surface area contributed by atoms with Gasteiger partial charge in [0.25, 0.3) is 10.0 Å². The second kappa shape index (κ2) is 11.3. The fraction of sp³-hybridized carbons (Fsp3) is 0.174. The van der Waals surface area contributed by atoms with Gasteiger partial charge in [-0.05, 0) is 36.4 Å². The van der Waals surface area contributed by atoms with Crippen molar-refractivity contribution in [1.29, 1.82) is 0 Å². The van der Waals surface area contributed by atoms with Gasteiger partial charge < -0.3 is 14.8 Å². The topological polar surface area (TPSA) is 84.9 Å². The maximum Gasteiger partial charge on any atom is 0.264 e. The van der Waals surface area contributed by atoms with Crippen LogP contribution >= 0.6 is 23.2 Å². The number of carbonyl (C=O) groups excluding carboxylic acids is 1. The van der Waals surface area contributed by atoms with Crippen molar-refractivity contribution in [3.63, 3.8) is 0 Å². The summed E-state index contributed by atoms with van der Waals surface area (Å²) >= 11 is 12.4. The van der Waals surface area contributed by atoms with Crippen molar-refractivity contribution in [3.8, 4) is 11.5 Å². The third kappa shape index (κ3) is 6.10. The van der Waals surface area contributed by atoms with Crippen molar-refractivity contribution in [2.24, 2.45) is 0 Å². The molecule has 3 aromatic rings. The number of hydrogen-bond acceptors (Lipinski definition) is 5. The number of carbonyl (C=O) groups is 1. The first-order chi connectivity index (χ1) is 15.8. The van der Waals surface area contributed by atoms with Crippen LogP contribution in [0.2, 0.25) is 10.0 Å². The summed E-state index contributed by atoms with van der Waals surface area (Å²) < 4.78 is 38.4. The summed E-state index contributed by atoms with van der Waals surface area (Å²) in [5, 5.41) is 2.87. The van der Waals surface area contributed by atoms with E-state index in [1.807, 2.05) is 6.07 Å². The molecule has 0 heterocycles. The lowest BCUT2D eigenvalue weighted by Gasteiger charge is -2.25. The summed E-state index contributed by atoms with van der Waals surface area (Å²) in [6, 6.07) is 19.5. The Morgan fingerprint density at radius 2 is 1.61 bits per heavy atom. The predicted molar refractivity (Wildman–Crippen MR) is 129 cm³/mol. The number of methoxy groups -OCH3 is 1. The number of benzene rings is 3. The molecule has 0 aliphatic heterocycles. The van der Waals surface area contributed by atoms with Crippen LogP contribution in [0.3, 0.4) is 0 Å². The van der Waals surface area contributed by atoms with Crippen molar-refractivity contribution < 1.29 is 22.7 Å². The molecule has 174 valence electrons. The first kappa shape index (κ1) is 24.7. The normalized spacial score (nSPS) is 11.0. The molecule has 0 fully saturated rings.